The minimum atomic E-state index is -0.451. The molecule has 2 aromatic heterocycles. The van der Waals surface area contributed by atoms with E-state index in [4.69, 9.17) is 19.6 Å². The molecule has 0 aliphatic carbocycles. The van der Waals surface area contributed by atoms with Crippen molar-refractivity contribution in [3.63, 3.8) is 0 Å². The molecule has 8 nitrogen and oxygen atoms in total. The van der Waals surface area contributed by atoms with Gasteiger partial charge in [0.15, 0.2) is 11.3 Å². The number of likely N-dealkylation sites (N-methyl/N-ethyl adjacent to an activating group) is 1. The van der Waals surface area contributed by atoms with Gasteiger partial charge in [-0.1, -0.05) is 32.0 Å². The van der Waals surface area contributed by atoms with Crippen molar-refractivity contribution in [1.29, 1.82) is 0 Å². The molecule has 2 aromatic carbocycles. The lowest BCUT2D eigenvalue weighted by molar-refractivity contribution is 0.0520. The van der Waals surface area contributed by atoms with Crippen LogP contribution in [0.5, 0.6) is 0 Å². The third-order valence-electron chi connectivity index (χ3n) is 6.54. The fraction of sp³-hybridized carbons (Fsp3) is 0.367. The summed E-state index contributed by atoms with van der Waals surface area (Å²) in [6, 6.07) is 18.3. The third kappa shape index (κ3) is 5.50. The molecule has 8 heteroatoms. The number of anilines is 2. The number of methoxy groups -OCH3 is 1. The molecular formula is C30H37N5O3. The zero-order valence-corrected chi connectivity index (χ0v) is 23.4. The van der Waals surface area contributed by atoms with Crippen molar-refractivity contribution in [2.24, 2.45) is 0 Å². The largest absolute Gasteiger partial charge is 0.461 e. The smallest absolute Gasteiger partial charge is 0.357 e. The summed E-state index contributed by atoms with van der Waals surface area (Å²) in [6.45, 7) is 7.76. The van der Waals surface area contributed by atoms with Crippen LogP contribution in [-0.2, 0) is 9.47 Å². The lowest BCUT2D eigenvalue weighted by Crippen LogP contribution is -2.21. The number of carbonyl (C=O) groups is 1. The third-order valence-corrected chi connectivity index (χ3v) is 6.54. The van der Waals surface area contributed by atoms with Gasteiger partial charge in [-0.15, -0.1) is 0 Å². The molecule has 200 valence electrons. The number of aromatic nitrogens is 3. The van der Waals surface area contributed by atoms with E-state index in [1.807, 2.05) is 55.0 Å². The number of hydrogen-bond acceptors (Lipinski definition) is 7. The van der Waals surface area contributed by atoms with Crippen LogP contribution in [0.25, 0.3) is 27.8 Å². The molecule has 38 heavy (non-hydrogen) atoms. The Balaban J connectivity index is 1.95. The van der Waals surface area contributed by atoms with E-state index in [-0.39, 0.29) is 18.2 Å². The highest BCUT2D eigenvalue weighted by molar-refractivity contribution is 6.00. The molecule has 0 amide bonds. The summed E-state index contributed by atoms with van der Waals surface area (Å²) < 4.78 is 12.4. The number of benzene rings is 2. The van der Waals surface area contributed by atoms with Gasteiger partial charge < -0.3 is 19.3 Å². The van der Waals surface area contributed by atoms with Crippen molar-refractivity contribution in [2.75, 3.05) is 57.8 Å². The number of carbonyl (C=O) groups excluding carboxylic acids is 1. The topological polar surface area (TPSA) is 72.7 Å². The van der Waals surface area contributed by atoms with Crippen LogP contribution in [-0.4, -0.2) is 68.7 Å². The Kier molecular flexibility index (Phi) is 8.32. The maximum Gasteiger partial charge on any atom is 0.357 e. The highest BCUT2D eigenvalue weighted by Crippen LogP contribution is 2.36. The van der Waals surface area contributed by atoms with Gasteiger partial charge in [-0.25, -0.2) is 14.5 Å². The Morgan fingerprint density at radius 1 is 1.03 bits per heavy atom. The number of ether oxygens (including phenoxy) is 2. The van der Waals surface area contributed by atoms with Crippen LogP contribution in [0.3, 0.4) is 0 Å². The Labute approximate surface area is 224 Å². The van der Waals surface area contributed by atoms with Crippen LogP contribution >= 0.6 is 0 Å². The lowest BCUT2D eigenvalue weighted by Gasteiger charge is -2.19. The van der Waals surface area contributed by atoms with Crippen LogP contribution in [0.4, 0.5) is 11.4 Å². The molecular weight excluding hydrogens is 478 g/mol. The van der Waals surface area contributed by atoms with Gasteiger partial charge in [0.2, 0.25) is 0 Å². The molecule has 4 aromatic rings. The molecule has 0 atom stereocenters. The second kappa shape index (κ2) is 11.6. The minimum absolute atomic E-state index is 0.143. The number of hydrogen-bond donors (Lipinski definition) is 0. The van der Waals surface area contributed by atoms with Gasteiger partial charge in [0.05, 0.1) is 30.0 Å². The fourth-order valence-corrected chi connectivity index (χ4v) is 4.42. The second-order valence-corrected chi connectivity index (χ2v) is 9.80. The molecule has 2 heterocycles. The summed E-state index contributed by atoms with van der Waals surface area (Å²) in [5, 5.41) is 5.97. The van der Waals surface area contributed by atoms with E-state index in [0.29, 0.717) is 12.3 Å². The van der Waals surface area contributed by atoms with Crippen LogP contribution in [0.2, 0.25) is 0 Å². The first-order valence-electron chi connectivity index (χ1n) is 12.9. The molecule has 0 saturated carbocycles. The van der Waals surface area contributed by atoms with E-state index in [0.717, 1.165) is 45.8 Å². The number of esters is 1. The maximum atomic E-state index is 12.9. The van der Waals surface area contributed by atoms with E-state index in [2.05, 4.69) is 49.1 Å². The van der Waals surface area contributed by atoms with Crippen molar-refractivity contribution in [2.45, 2.75) is 26.7 Å². The Bertz CT molecular complexity index is 1410. The van der Waals surface area contributed by atoms with Crippen molar-refractivity contribution >= 4 is 28.4 Å². The van der Waals surface area contributed by atoms with Crippen molar-refractivity contribution in [3.05, 3.63) is 66.0 Å². The number of nitrogens with zero attached hydrogens (tertiary/aromatic N) is 5. The highest BCUT2D eigenvalue weighted by Gasteiger charge is 2.23. The standard InChI is InChI=1S/C30H37N5O3/c1-8-38-30(36)26-19-25(21-12-14-22(15-13-21)34(6)16-17-37-7)27-28(20(2)3)32-35(29(27)31-26)24-11-9-10-23(18-24)33(4)5/h9-15,18-20H,8,16-17H2,1-7H3. The Morgan fingerprint density at radius 3 is 2.39 bits per heavy atom. The van der Waals surface area contributed by atoms with Crippen molar-refractivity contribution < 1.29 is 14.3 Å². The first kappa shape index (κ1) is 27.1. The molecule has 0 bridgehead atoms. The maximum absolute atomic E-state index is 12.9. The first-order chi connectivity index (χ1) is 18.2. The predicted octanol–water partition coefficient (Wildman–Crippen LogP) is 5.54. The molecule has 0 aliphatic heterocycles. The molecule has 0 unspecified atom stereocenters. The van der Waals surface area contributed by atoms with Crippen molar-refractivity contribution in [1.82, 2.24) is 14.8 Å². The van der Waals surface area contributed by atoms with Crippen LogP contribution in [0.15, 0.2) is 54.6 Å². The molecule has 4 rings (SSSR count). The summed E-state index contributed by atoms with van der Waals surface area (Å²) in [6.07, 6.45) is 0. The molecule has 0 fully saturated rings. The highest BCUT2D eigenvalue weighted by atomic mass is 16.5. The summed E-state index contributed by atoms with van der Waals surface area (Å²) in [5.41, 5.74) is 6.71. The number of rotatable bonds is 10. The van der Waals surface area contributed by atoms with E-state index in [9.17, 15) is 4.79 Å². The zero-order valence-electron chi connectivity index (χ0n) is 23.4. The van der Waals surface area contributed by atoms with Gasteiger partial charge >= 0.3 is 5.97 Å². The van der Waals surface area contributed by atoms with Gasteiger partial charge in [-0.3, -0.25) is 0 Å². The molecule has 0 radical (unpaired) electrons. The monoisotopic (exact) mass is 515 g/mol. The SMILES string of the molecule is CCOC(=O)c1cc(-c2ccc(N(C)CCOC)cc2)c2c(C(C)C)nn(-c3cccc(N(C)C)c3)c2n1. The van der Waals surface area contributed by atoms with E-state index in [1.165, 1.54) is 0 Å². The van der Waals surface area contributed by atoms with E-state index < -0.39 is 5.97 Å². The average Bonchev–Trinajstić information content (AvgIpc) is 3.31. The van der Waals surface area contributed by atoms with Crippen LogP contribution in [0.1, 0.15) is 42.9 Å². The van der Waals surface area contributed by atoms with Crippen molar-refractivity contribution in [3.8, 4) is 16.8 Å². The fourth-order valence-electron chi connectivity index (χ4n) is 4.42. The molecule has 0 aliphatic rings. The number of pyridine rings is 1. The predicted molar refractivity (Wildman–Crippen MR) is 154 cm³/mol. The van der Waals surface area contributed by atoms with E-state index in [1.54, 1.807) is 14.0 Å². The van der Waals surface area contributed by atoms with Gasteiger partial charge in [0.25, 0.3) is 0 Å². The Hall–Kier alpha value is -3.91. The summed E-state index contributed by atoms with van der Waals surface area (Å²) in [4.78, 5) is 21.9. The normalized spacial score (nSPS) is 11.3. The molecule has 0 spiro atoms. The summed E-state index contributed by atoms with van der Waals surface area (Å²) in [5.74, 6) is -0.309. The first-order valence-corrected chi connectivity index (χ1v) is 12.9. The summed E-state index contributed by atoms with van der Waals surface area (Å²) >= 11 is 0. The molecule has 0 N–H and O–H groups in total. The van der Waals surface area contributed by atoms with Crippen LogP contribution < -0.4 is 9.80 Å². The van der Waals surface area contributed by atoms with Gasteiger partial charge in [-0.05, 0) is 60.4 Å². The van der Waals surface area contributed by atoms with Crippen LogP contribution in [0, 0.1) is 0 Å². The summed E-state index contributed by atoms with van der Waals surface area (Å²) in [7, 11) is 7.76. The number of fused-ring (bicyclic) bond motifs is 1. The van der Waals surface area contributed by atoms with Gasteiger partial charge in [0, 0.05) is 46.2 Å². The molecule has 0 saturated heterocycles. The van der Waals surface area contributed by atoms with E-state index >= 15 is 0 Å². The lowest BCUT2D eigenvalue weighted by atomic mass is 9.97. The van der Waals surface area contributed by atoms with Gasteiger partial charge in [-0.2, -0.15) is 5.10 Å². The Morgan fingerprint density at radius 2 is 1.76 bits per heavy atom. The zero-order chi connectivity index (χ0) is 27.4. The quantitative estimate of drug-likeness (QED) is 0.257. The second-order valence-electron chi connectivity index (χ2n) is 9.80. The van der Waals surface area contributed by atoms with Gasteiger partial charge in [0.1, 0.15) is 0 Å². The minimum Gasteiger partial charge on any atom is -0.461 e. The average molecular weight is 516 g/mol.